The maximum atomic E-state index is 12.2. The van der Waals surface area contributed by atoms with E-state index in [1.807, 2.05) is 43.3 Å². The fraction of sp³-hybridized carbons (Fsp3) is 0.235. The van der Waals surface area contributed by atoms with Gasteiger partial charge in [-0.2, -0.15) is 0 Å². The molecule has 0 bridgehead atoms. The summed E-state index contributed by atoms with van der Waals surface area (Å²) in [5.74, 6) is 0.501. The third kappa shape index (κ3) is 3.75. The highest BCUT2D eigenvalue weighted by Gasteiger charge is 2.15. The fourth-order valence-electron chi connectivity index (χ4n) is 2.17. The quantitative estimate of drug-likeness (QED) is 0.830. The molecule has 1 unspecified atom stereocenters. The number of benzene rings is 2. The third-order valence-corrected chi connectivity index (χ3v) is 3.45. The van der Waals surface area contributed by atoms with Crippen LogP contribution < -0.4 is 15.8 Å². The first-order valence-corrected chi connectivity index (χ1v) is 6.87. The largest absolute Gasteiger partial charge is 0.496 e. The number of methoxy groups -OCH3 is 1. The van der Waals surface area contributed by atoms with Crippen LogP contribution in [0.4, 0.5) is 5.69 Å². The van der Waals surface area contributed by atoms with Crippen LogP contribution in [0, 0.1) is 0 Å². The first-order valence-electron chi connectivity index (χ1n) is 6.87. The summed E-state index contributed by atoms with van der Waals surface area (Å²) in [5, 5.41) is 2.92. The SMILES string of the molecule is COc1ccc(N)cc1CNC(=O)C(C)c1ccccc1. The zero-order valence-electron chi connectivity index (χ0n) is 12.3. The lowest BCUT2D eigenvalue weighted by Gasteiger charge is -2.14. The molecule has 3 N–H and O–H groups in total. The number of anilines is 1. The molecule has 0 aliphatic carbocycles. The Morgan fingerprint density at radius 3 is 2.62 bits per heavy atom. The van der Waals surface area contributed by atoms with Crippen molar-refractivity contribution in [3.8, 4) is 5.75 Å². The van der Waals surface area contributed by atoms with Crippen LogP contribution >= 0.6 is 0 Å². The number of nitrogens with one attached hydrogen (secondary N) is 1. The van der Waals surface area contributed by atoms with Gasteiger partial charge in [0.1, 0.15) is 5.75 Å². The fourth-order valence-corrected chi connectivity index (χ4v) is 2.17. The molecule has 4 heteroatoms. The Labute approximate surface area is 124 Å². The lowest BCUT2D eigenvalue weighted by atomic mass is 10.0. The van der Waals surface area contributed by atoms with Crippen LogP contribution in [0.15, 0.2) is 48.5 Å². The first-order chi connectivity index (χ1) is 10.1. The molecule has 21 heavy (non-hydrogen) atoms. The zero-order chi connectivity index (χ0) is 15.2. The van der Waals surface area contributed by atoms with Crippen molar-refractivity contribution >= 4 is 11.6 Å². The Hall–Kier alpha value is -2.49. The Bertz CT molecular complexity index is 611. The molecular formula is C17H20N2O2. The number of nitrogen functional groups attached to an aromatic ring is 1. The minimum absolute atomic E-state index is 0.0225. The molecule has 0 aromatic heterocycles. The van der Waals surface area contributed by atoms with Crippen molar-refractivity contribution in [2.75, 3.05) is 12.8 Å². The number of nitrogens with two attached hydrogens (primary N) is 1. The summed E-state index contributed by atoms with van der Waals surface area (Å²) in [6, 6.07) is 15.1. The van der Waals surface area contributed by atoms with Crippen LogP contribution in [-0.2, 0) is 11.3 Å². The molecule has 0 fully saturated rings. The molecule has 0 saturated carbocycles. The number of carbonyl (C=O) groups is 1. The van der Waals surface area contributed by atoms with Crippen molar-refractivity contribution in [3.63, 3.8) is 0 Å². The van der Waals surface area contributed by atoms with Crippen LogP contribution in [0.25, 0.3) is 0 Å². The van der Waals surface area contributed by atoms with Gasteiger partial charge in [-0.05, 0) is 30.7 Å². The van der Waals surface area contributed by atoms with Gasteiger partial charge in [-0.25, -0.2) is 0 Å². The molecule has 0 spiro atoms. The summed E-state index contributed by atoms with van der Waals surface area (Å²) in [4.78, 5) is 12.2. The van der Waals surface area contributed by atoms with Gasteiger partial charge in [0, 0.05) is 17.8 Å². The smallest absolute Gasteiger partial charge is 0.227 e. The van der Waals surface area contributed by atoms with Crippen molar-refractivity contribution in [3.05, 3.63) is 59.7 Å². The number of rotatable bonds is 5. The van der Waals surface area contributed by atoms with Gasteiger partial charge in [0.2, 0.25) is 5.91 Å². The molecular weight excluding hydrogens is 264 g/mol. The van der Waals surface area contributed by atoms with Crippen molar-refractivity contribution in [1.29, 1.82) is 0 Å². The molecule has 0 radical (unpaired) electrons. The number of ether oxygens (including phenoxy) is 1. The van der Waals surface area contributed by atoms with Crippen LogP contribution in [0.3, 0.4) is 0 Å². The standard InChI is InChI=1S/C17H20N2O2/c1-12(13-6-4-3-5-7-13)17(20)19-11-14-10-15(18)8-9-16(14)21-2/h3-10,12H,11,18H2,1-2H3,(H,19,20). The molecule has 2 aromatic carbocycles. The van der Waals surface area contributed by atoms with E-state index in [1.165, 1.54) is 0 Å². The Morgan fingerprint density at radius 1 is 1.24 bits per heavy atom. The average Bonchev–Trinajstić information content (AvgIpc) is 2.52. The summed E-state index contributed by atoms with van der Waals surface area (Å²) in [7, 11) is 1.60. The van der Waals surface area contributed by atoms with E-state index in [1.54, 1.807) is 19.2 Å². The van der Waals surface area contributed by atoms with E-state index >= 15 is 0 Å². The van der Waals surface area contributed by atoms with Crippen molar-refractivity contribution in [1.82, 2.24) is 5.32 Å². The third-order valence-electron chi connectivity index (χ3n) is 3.45. The molecule has 4 nitrogen and oxygen atoms in total. The van der Waals surface area contributed by atoms with Gasteiger partial charge in [0.25, 0.3) is 0 Å². The zero-order valence-corrected chi connectivity index (χ0v) is 12.3. The van der Waals surface area contributed by atoms with E-state index in [9.17, 15) is 4.79 Å². The number of hydrogen-bond acceptors (Lipinski definition) is 3. The lowest BCUT2D eigenvalue weighted by molar-refractivity contribution is -0.122. The second kappa shape index (κ2) is 6.79. The molecule has 0 aliphatic heterocycles. The predicted molar refractivity (Wildman–Crippen MR) is 84.1 cm³/mol. The lowest BCUT2D eigenvalue weighted by Crippen LogP contribution is -2.27. The summed E-state index contributed by atoms with van der Waals surface area (Å²) >= 11 is 0. The van der Waals surface area contributed by atoms with Crippen LogP contribution in [0.2, 0.25) is 0 Å². The molecule has 110 valence electrons. The van der Waals surface area contributed by atoms with Gasteiger partial charge in [-0.3, -0.25) is 4.79 Å². The van der Waals surface area contributed by atoms with E-state index in [0.29, 0.717) is 12.2 Å². The first kappa shape index (κ1) is 14.9. The Kier molecular flexibility index (Phi) is 4.82. The average molecular weight is 284 g/mol. The molecule has 0 heterocycles. The Morgan fingerprint density at radius 2 is 1.95 bits per heavy atom. The van der Waals surface area contributed by atoms with Crippen LogP contribution in [0.1, 0.15) is 24.0 Å². The molecule has 2 aromatic rings. The minimum Gasteiger partial charge on any atom is -0.496 e. The van der Waals surface area contributed by atoms with Crippen molar-refractivity contribution < 1.29 is 9.53 Å². The maximum absolute atomic E-state index is 12.2. The highest BCUT2D eigenvalue weighted by molar-refractivity contribution is 5.83. The highest BCUT2D eigenvalue weighted by atomic mass is 16.5. The molecule has 1 amide bonds. The predicted octanol–water partition coefficient (Wildman–Crippen LogP) is 2.70. The number of carbonyl (C=O) groups excluding carboxylic acids is 1. The van der Waals surface area contributed by atoms with Gasteiger partial charge >= 0.3 is 0 Å². The molecule has 1 atom stereocenters. The number of amides is 1. The Balaban J connectivity index is 2.03. The van der Waals surface area contributed by atoms with Crippen molar-refractivity contribution in [2.24, 2.45) is 0 Å². The second-order valence-corrected chi connectivity index (χ2v) is 4.92. The van der Waals surface area contributed by atoms with E-state index in [-0.39, 0.29) is 11.8 Å². The number of hydrogen-bond donors (Lipinski definition) is 2. The minimum atomic E-state index is -0.196. The van der Waals surface area contributed by atoms with Gasteiger partial charge < -0.3 is 15.8 Å². The van der Waals surface area contributed by atoms with E-state index in [0.717, 1.165) is 16.9 Å². The maximum Gasteiger partial charge on any atom is 0.227 e. The summed E-state index contributed by atoms with van der Waals surface area (Å²) in [6.07, 6.45) is 0. The van der Waals surface area contributed by atoms with E-state index < -0.39 is 0 Å². The van der Waals surface area contributed by atoms with E-state index in [2.05, 4.69) is 5.32 Å². The van der Waals surface area contributed by atoms with Gasteiger partial charge in [0.05, 0.1) is 13.0 Å². The normalized spacial score (nSPS) is 11.7. The van der Waals surface area contributed by atoms with E-state index in [4.69, 9.17) is 10.5 Å². The van der Waals surface area contributed by atoms with Gasteiger partial charge in [-0.15, -0.1) is 0 Å². The monoisotopic (exact) mass is 284 g/mol. The summed E-state index contributed by atoms with van der Waals surface area (Å²) in [6.45, 7) is 2.28. The summed E-state index contributed by atoms with van der Waals surface area (Å²) < 4.78 is 5.27. The second-order valence-electron chi connectivity index (χ2n) is 4.92. The van der Waals surface area contributed by atoms with Gasteiger partial charge in [0.15, 0.2) is 0 Å². The van der Waals surface area contributed by atoms with Crippen molar-refractivity contribution in [2.45, 2.75) is 19.4 Å². The molecule has 2 rings (SSSR count). The van der Waals surface area contributed by atoms with Gasteiger partial charge in [-0.1, -0.05) is 30.3 Å². The van der Waals surface area contributed by atoms with Crippen LogP contribution in [0.5, 0.6) is 5.75 Å². The summed E-state index contributed by atoms with van der Waals surface area (Å²) in [5.41, 5.74) is 8.28. The van der Waals surface area contributed by atoms with Crippen LogP contribution in [-0.4, -0.2) is 13.0 Å². The highest BCUT2D eigenvalue weighted by Crippen LogP contribution is 2.21. The molecule has 0 saturated heterocycles. The molecule has 0 aliphatic rings. The topological polar surface area (TPSA) is 64.3 Å².